The molecule has 0 spiro atoms. The summed E-state index contributed by atoms with van der Waals surface area (Å²) >= 11 is 0. The van der Waals surface area contributed by atoms with E-state index >= 15 is 0 Å². The van der Waals surface area contributed by atoms with Gasteiger partial charge in [-0.1, -0.05) is 13.3 Å². The molecule has 1 aromatic carbocycles. The number of benzene rings is 1. The van der Waals surface area contributed by atoms with Crippen LogP contribution in [0.15, 0.2) is 18.2 Å². The molecule has 2 aromatic rings. The SMILES string of the molecule is CCc1nc2ccc(C(=O)CN3CCCCC3)cc2[nH]1. The summed E-state index contributed by atoms with van der Waals surface area (Å²) < 4.78 is 0. The zero-order chi connectivity index (χ0) is 13.9. The highest BCUT2D eigenvalue weighted by Crippen LogP contribution is 2.16. The third kappa shape index (κ3) is 2.75. The fourth-order valence-corrected chi connectivity index (χ4v) is 2.82. The number of carbonyl (C=O) groups is 1. The van der Waals surface area contributed by atoms with Gasteiger partial charge in [0.05, 0.1) is 17.6 Å². The predicted molar refractivity (Wildman–Crippen MR) is 80.1 cm³/mol. The molecule has 0 saturated carbocycles. The molecule has 1 saturated heterocycles. The number of aromatic nitrogens is 2. The van der Waals surface area contributed by atoms with Crippen LogP contribution in [0.4, 0.5) is 0 Å². The number of imidazole rings is 1. The Morgan fingerprint density at radius 1 is 1.30 bits per heavy atom. The number of Topliss-reactive ketones (excluding diaryl/α,β-unsaturated/α-hetero) is 1. The fraction of sp³-hybridized carbons (Fsp3) is 0.500. The van der Waals surface area contributed by atoms with E-state index in [2.05, 4.69) is 21.8 Å². The Bertz CT molecular complexity index is 611. The van der Waals surface area contributed by atoms with E-state index in [1.807, 2.05) is 18.2 Å². The minimum Gasteiger partial charge on any atom is -0.342 e. The summed E-state index contributed by atoms with van der Waals surface area (Å²) in [7, 11) is 0. The van der Waals surface area contributed by atoms with Crippen LogP contribution in [-0.4, -0.2) is 40.3 Å². The number of fused-ring (bicyclic) bond motifs is 1. The van der Waals surface area contributed by atoms with Gasteiger partial charge >= 0.3 is 0 Å². The number of H-pyrrole nitrogens is 1. The van der Waals surface area contributed by atoms with Crippen molar-refractivity contribution < 1.29 is 4.79 Å². The third-order valence-electron chi connectivity index (χ3n) is 4.00. The molecule has 3 rings (SSSR count). The summed E-state index contributed by atoms with van der Waals surface area (Å²) in [6.07, 6.45) is 4.61. The first kappa shape index (κ1) is 13.3. The summed E-state index contributed by atoms with van der Waals surface area (Å²) in [4.78, 5) is 22.4. The van der Waals surface area contributed by atoms with Gasteiger partial charge in [-0.3, -0.25) is 9.69 Å². The smallest absolute Gasteiger partial charge is 0.176 e. The summed E-state index contributed by atoms with van der Waals surface area (Å²) in [5.74, 6) is 1.18. The largest absolute Gasteiger partial charge is 0.342 e. The van der Waals surface area contributed by atoms with Crippen molar-refractivity contribution in [2.75, 3.05) is 19.6 Å². The summed E-state index contributed by atoms with van der Waals surface area (Å²) in [6, 6.07) is 5.77. The lowest BCUT2D eigenvalue weighted by molar-refractivity contribution is 0.0916. The van der Waals surface area contributed by atoms with Gasteiger partial charge in [0.2, 0.25) is 0 Å². The van der Waals surface area contributed by atoms with E-state index in [0.717, 1.165) is 41.9 Å². The van der Waals surface area contributed by atoms with Crippen LogP contribution in [0.25, 0.3) is 11.0 Å². The zero-order valence-electron chi connectivity index (χ0n) is 12.0. The van der Waals surface area contributed by atoms with Gasteiger partial charge in [-0.2, -0.15) is 0 Å². The number of rotatable bonds is 4. The number of likely N-dealkylation sites (tertiary alicyclic amines) is 1. The highest BCUT2D eigenvalue weighted by Gasteiger charge is 2.15. The van der Waals surface area contributed by atoms with Crippen LogP contribution in [-0.2, 0) is 6.42 Å². The van der Waals surface area contributed by atoms with Crippen LogP contribution in [0.3, 0.4) is 0 Å². The lowest BCUT2D eigenvalue weighted by atomic mass is 10.1. The van der Waals surface area contributed by atoms with E-state index in [0.29, 0.717) is 6.54 Å². The molecule has 1 N–H and O–H groups in total. The zero-order valence-corrected chi connectivity index (χ0v) is 12.0. The Hall–Kier alpha value is -1.68. The monoisotopic (exact) mass is 271 g/mol. The molecule has 0 bridgehead atoms. The maximum atomic E-state index is 12.4. The van der Waals surface area contributed by atoms with Gasteiger partial charge in [-0.25, -0.2) is 4.98 Å². The summed E-state index contributed by atoms with van der Waals surface area (Å²) in [5, 5.41) is 0. The van der Waals surface area contributed by atoms with Crippen molar-refractivity contribution >= 4 is 16.8 Å². The van der Waals surface area contributed by atoms with Gasteiger partial charge < -0.3 is 4.98 Å². The van der Waals surface area contributed by atoms with Gasteiger partial charge in [0.15, 0.2) is 5.78 Å². The Kier molecular flexibility index (Phi) is 3.83. The van der Waals surface area contributed by atoms with Crippen molar-refractivity contribution in [1.29, 1.82) is 0 Å². The number of piperidine rings is 1. The first-order chi connectivity index (χ1) is 9.76. The molecule has 20 heavy (non-hydrogen) atoms. The molecule has 1 fully saturated rings. The molecular weight excluding hydrogens is 250 g/mol. The van der Waals surface area contributed by atoms with Gasteiger partial charge in [-0.15, -0.1) is 0 Å². The van der Waals surface area contributed by atoms with E-state index in [1.165, 1.54) is 19.3 Å². The van der Waals surface area contributed by atoms with Crippen molar-refractivity contribution in [2.24, 2.45) is 0 Å². The number of hydrogen-bond acceptors (Lipinski definition) is 3. The molecule has 0 amide bonds. The van der Waals surface area contributed by atoms with Crippen molar-refractivity contribution in [2.45, 2.75) is 32.6 Å². The van der Waals surface area contributed by atoms with Gasteiger partial charge in [0.1, 0.15) is 5.82 Å². The van der Waals surface area contributed by atoms with Crippen molar-refractivity contribution in [3.05, 3.63) is 29.6 Å². The number of nitrogens with zero attached hydrogens (tertiary/aromatic N) is 2. The Morgan fingerprint density at radius 3 is 2.85 bits per heavy atom. The average Bonchev–Trinajstić information content (AvgIpc) is 2.90. The molecule has 106 valence electrons. The molecule has 0 aliphatic carbocycles. The van der Waals surface area contributed by atoms with Gasteiger partial charge in [-0.05, 0) is 44.1 Å². The minimum atomic E-state index is 0.210. The van der Waals surface area contributed by atoms with Crippen LogP contribution < -0.4 is 0 Å². The molecule has 1 aliphatic rings. The molecule has 4 heteroatoms. The normalized spacial score (nSPS) is 16.6. The maximum Gasteiger partial charge on any atom is 0.176 e. The Labute approximate surface area is 119 Å². The van der Waals surface area contributed by atoms with E-state index in [4.69, 9.17) is 0 Å². The average molecular weight is 271 g/mol. The number of aromatic amines is 1. The summed E-state index contributed by atoms with van der Waals surface area (Å²) in [5.41, 5.74) is 2.69. The second-order valence-electron chi connectivity index (χ2n) is 5.53. The van der Waals surface area contributed by atoms with Gasteiger partial charge in [0, 0.05) is 12.0 Å². The van der Waals surface area contributed by atoms with Crippen LogP contribution in [0.5, 0.6) is 0 Å². The molecular formula is C16H21N3O. The van der Waals surface area contributed by atoms with E-state index in [1.54, 1.807) is 0 Å². The molecule has 0 unspecified atom stereocenters. The second-order valence-corrected chi connectivity index (χ2v) is 5.53. The minimum absolute atomic E-state index is 0.210. The molecule has 2 heterocycles. The number of ketones is 1. The predicted octanol–water partition coefficient (Wildman–Crippen LogP) is 2.79. The highest BCUT2D eigenvalue weighted by molar-refractivity contribution is 6.00. The third-order valence-corrected chi connectivity index (χ3v) is 4.00. The number of carbonyl (C=O) groups excluding carboxylic acids is 1. The Balaban J connectivity index is 1.76. The quantitative estimate of drug-likeness (QED) is 0.870. The first-order valence-electron chi connectivity index (χ1n) is 7.50. The van der Waals surface area contributed by atoms with Crippen molar-refractivity contribution in [3.8, 4) is 0 Å². The lowest BCUT2D eigenvalue weighted by Crippen LogP contribution is -2.34. The van der Waals surface area contributed by atoms with Gasteiger partial charge in [0.25, 0.3) is 0 Å². The topological polar surface area (TPSA) is 49.0 Å². The Morgan fingerprint density at radius 2 is 2.10 bits per heavy atom. The van der Waals surface area contributed by atoms with Crippen LogP contribution in [0.1, 0.15) is 42.4 Å². The van der Waals surface area contributed by atoms with E-state index in [9.17, 15) is 4.79 Å². The molecule has 0 atom stereocenters. The lowest BCUT2D eigenvalue weighted by Gasteiger charge is -2.25. The van der Waals surface area contributed by atoms with Crippen LogP contribution in [0, 0.1) is 0 Å². The fourth-order valence-electron chi connectivity index (χ4n) is 2.82. The summed E-state index contributed by atoms with van der Waals surface area (Å²) in [6.45, 7) is 4.72. The first-order valence-corrected chi connectivity index (χ1v) is 7.50. The molecule has 4 nitrogen and oxygen atoms in total. The number of aryl methyl sites for hydroxylation is 1. The number of nitrogens with one attached hydrogen (secondary N) is 1. The standard InChI is InChI=1S/C16H21N3O/c1-2-16-17-13-7-6-12(10-14(13)18-16)15(20)11-19-8-4-3-5-9-19/h6-7,10H,2-5,8-9,11H2,1H3,(H,17,18). The van der Waals surface area contributed by atoms with E-state index in [-0.39, 0.29) is 5.78 Å². The highest BCUT2D eigenvalue weighted by atomic mass is 16.1. The maximum absolute atomic E-state index is 12.4. The van der Waals surface area contributed by atoms with Crippen molar-refractivity contribution in [3.63, 3.8) is 0 Å². The molecule has 0 radical (unpaired) electrons. The molecule has 1 aliphatic heterocycles. The van der Waals surface area contributed by atoms with Crippen molar-refractivity contribution in [1.82, 2.24) is 14.9 Å². The second kappa shape index (κ2) is 5.75. The van der Waals surface area contributed by atoms with Crippen LogP contribution >= 0.6 is 0 Å². The molecule has 1 aromatic heterocycles. The van der Waals surface area contributed by atoms with E-state index < -0.39 is 0 Å². The number of hydrogen-bond donors (Lipinski definition) is 1. The van der Waals surface area contributed by atoms with Crippen LogP contribution in [0.2, 0.25) is 0 Å².